The van der Waals surface area contributed by atoms with E-state index in [0.29, 0.717) is 6.61 Å². The summed E-state index contributed by atoms with van der Waals surface area (Å²) >= 11 is 0. The molecule has 1 aliphatic rings. The topological polar surface area (TPSA) is 72.8 Å². The SMILES string of the molecule is CC[C@]1(CCCCCCCCCCCCCCC(=O)[O-])OCC(C)(C)N1O. The number of carboxylic acids is 1. The third-order valence-corrected chi connectivity index (χ3v) is 5.90. The van der Waals surface area contributed by atoms with Crippen molar-refractivity contribution >= 4 is 5.97 Å². The van der Waals surface area contributed by atoms with Gasteiger partial charge in [0, 0.05) is 5.97 Å². The van der Waals surface area contributed by atoms with E-state index in [9.17, 15) is 15.1 Å². The Morgan fingerprint density at radius 3 is 1.74 bits per heavy atom. The summed E-state index contributed by atoms with van der Waals surface area (Å²) in [6.07, 6.45) is 16.1. The molecule has 5 heteroatoms. The number of ether oxygens (including phenoxy) is 1. The van der Waals surface area contributed by atoms with Crippen LogP contribution in [0.4, 0.5) is 0 Å². The number of aliphatic carboxylic acids is 1. The highest BCUT2D eigenvalue weighted by molar-refractivity contribution is 5.63. The van der Waals surface area contributed by atoms with Gasteiger partial charge in [0.2, 0.25) is 0 Å². The third-order valence-electron chi connectivity index (χ3n) is 5.90. The maximum Gasteiger partial charge on any atom is 0.144 e. The minimum absolute atomic E-state index is 0.208. The normalized spacial score (nSPS) is 22.4. The molecule has 0 saturated carbocycles. The fraction of sp³-hybridized carbons (Fsp3) is 0.955. The summed E-state index contributed by atoms with van der Waals surface area (Å²) in [6, 6.07) is 0. The second kappa shape index (κ2) is 12.7. The van der Waals surface area contributed by atoms with E-state index >= 15 is 0 Å². The molecular formula is C22H42NO4-. The van der Waals surface area contributed by atoms with E-state index in [1.807, 2.05) is 13.8 Å². The Hall–Kier alpha value is -0.650. The molecule has 0 spiro atoms. The van der Waals surface area contributed by atoms with Gasteiger partial charge < -0.3 is 19.8 Å². The molecule has 160 valence electrons. The van der Waals surface area contributed by atoms with E-state index in [4.69, 9.17) is 4.74 Å². The smallest absolute Gasteiger partial charge is 0.144 e. The first kappa shape index (κ1) is 24.4. The molecule has 0 bridgehead atoms. The average Bonchev–Trinajstić information content (AvgIpc) is 2.86. The van der Waals surface area contributed by atoms with Crippen molar-refractivity contribution in [1.29, 1.82) is 0 Å². The summed E-state index contributed by atoms with van der Waals surface area (Å²) in [5.74, 6) is -0.923. The average molecular weight is 385 g/mol. The summed E-state index contributed by atoms with van der Waals surface area (Å²) in [5, 5.41) is 22.2. The molecule has 0 unspecified atom stereocenters. The molecule has 0 aromatic heterocycles. The number of hydrogen-bond acceptors (Lipinski definition) is 5. The van der Waals surface area contributed by atoms with Crippen LogP contribution in [-0.4, -0.2) is 34.1 Å². The van der Waals surface area contributed by atoms with Crippen molar-refractivity contribution in [1.82, 2.24) is 5.06 Å². The van der Waals surface area contributed by atoms with Crippen LogP contribution in [0.3, 0.4) is 0 Å². The van der Waals surface area contributed by atoms with Crippen molar-refractivity contribution in [2.45, 2.75) is 128 Å². The summed E-state index contributed by atoms with van der Waals surface area (Å²) in [7, 11) is 0. The number of carbonyl (C=O) groups excluding carboxylic acids is 1. The van der Waals surface area contributed by atoms with Crippen LogP contribution in [0.5, 0.6) is 0 Å². The van der Waals surface area contributed by atoms with Gasteiger partial charge in [-0.25, -0.2) is 0 Å². The molecule has 0 radical (unpaired) electrons. The molecule has 5 nitrogen and oxygen atoms in total. The van der Waals surface area contributed by atoms with Crippen molar-refractivity contribution < 1.29 is 19.8 Å². The molecule has 0 aromatic carbocycles. The number of hydrogen-bond donors (Lipinski definition) is 1. The lowest BCUT2D eigenvalue weighted by atomic mass is 9.98. The molecule has 1 aliphatic heterocycles. The predicted octanol–water partition coefficient (Wildman–Crippen LogP) is 4.80. The standard InChI is InChI=1S/C22H43NO4/c1-4-22(23(26)21(2,3)19-27-22)18-16-14-12-10-8-6-5-7-9-11-13-15-17-20(24)25/h26H,4-19H2,1-3H3,(H,24,25)/p-1/t22-/m1/s1. The van der Waals surface area contributed by atoms with Gasteiger partial charge in [-0.15, -0.1) is 0 Å². The van der Waals surface area contributed by atoms with Crippen molar-refractivity contribution in [3.05, 3.63) is 0 Å². The zero-order valence-corrected chi connectivity index (χ0v) is 17.9. The number of carboxylic acid groups (broad SMARTS) is 1. The Morgan fingerprint density at radius 2 is 1.37 bits per heavy atom. The number of hydroxylamine groups is 2. The molecule has 27 heavy (non-hydrogen) atoms. The van der Waals surface area contributed by atoms with Gasteiger partial charge >= 0.3 is 0 Å². The number of rotatable bonds is 16. The Morgan fingerprint density at radius 1 is 0.926 bits per heavy atom. The van der Waals surface area contributed by atoms with Crippen molar-refractivity contribution in [3.63, 3.8) is 0 Å². The van der Waals surface area contributed by atoms with E-state index in [2.05, 4.69) is 6.92 Å². The van der Waals surface area contributed by atoms with Crippen LogP contribution < -0.4 is 5.11 Å². The first-order valence-electron chi connectivity index (χ1n) is 11.2. The van der Waals surface area contributed by atoms with Crippen LogP contribution in [0, 0.1) is 0 Å². The Balaban J connectivity index is 1.93. The van der Waals surface area contributed by atoms with E-state index in [-0.39, 0.29) is 12.0 Å². The number of unbranched alkanes of at least 4 members (excludes halogenated alkanes) is 11. The van der Waals surface area contributed by atoms with Gasteiger partial charge in [0.1, 0.15) is 5.72 Å². The molecule has 0 aromatic rings. The summed E-state index contributed by atoms with van der Waals surface area (Å²) in [6.45, 7) is 6.73. The van der Waals surface area contributed by atoms with Crippen molar-refractivity contribution in [2.24, 2.45) is 0 Å². The largest absolute Gasteiger partial charge is 0.550 e. The third kappa shape index (κ3) is 8.93. The fourth-order valence-electron chi connectivity index (χ4n) is 4.03. The van der Waals surface area contributed by atoms with Crippen LogP contribution in [-0.2, 0) is 9.53 Å². The van der Waals surface area contributed by atoms with E-state index in [0.717, 1.165) is 38.5 Å². The minimum Gasteiger partial charge on any atom is -0.550 e. The predicted molar refractivity (Wildman–Crippen MR) is 106 cm³/mol. The van der Waals surface area contributed by atoms with Gasteiger partial charge in [-0.3, -0.25) is 0 Å². The fourth-order valence-corrected chi connectivity index (χ4v) is 4.03. The van der Waals surface area contributed by atoms with Crippen LogP contribution in [0.25, 0.3) is 0 Å². The lowest BCUT2D eigenvalue weighted by molar-refractivity contribution is -0.305. The van der Waals surface area contributed by atoms with Gasteiger partial charge in [0.25, 0.3) is 0 Å². The minimum atomic E-state index is -0.923. The summed E-state index contributed by atoms with van der Waals surface area (Å²) in [5.41, 5.74) is -0.770. The Bertz CT molecular complexity index is 413. The van der Waals surface area contributed by atoms with Crippen LogP contribution in [0.2, 0.25) is 0 Å². The van der Waals surface area contributed by atoms with Crippen LogP contribution in [0.1, 0.15) is 117 Å². The molecule has 1 N–H and O–H groups in total. The highest BCUT2D eigenvalue weighted by atomic mass is 16.6. The monoisotopic (exact) mass is 384 g/mol. The molecule has 0 aliphatic carbocycles. The van der Waals surface area contributed by atoms with E-state index in [1.54, 1.807) is 0 Å². The second-order valence-corrected chi connectivity index (χ2v) is 8.83. The zero-order valence-electron chi connectivity index (χ0n) is 17.9. The number of nitrogens with zero attached hydrogens (tertiary/aromatic N) is 1. The molecule has 1 atom stereocenters. The molecule has 1 heterocycles. The van der Waals surface area contributed by atoms with Crippen LogP contribution in [0.15, 0.2) is 0 Å². The molecule has 0 amide bonds. The maximum absolute atomic E-state index is 10.5. The highest BCUT2D eigenvalue weighted by Crippen LogP contribution is 2.39. The first-order valence-corrected chi connectivity index (χ1v) is 11.2. The van der Waals surface area contributed by atoms with Gasteiger partial charge in [-0.1, -0.05) is 71.1 Å². The van der Waals surface area contributed by atoms with Crippen LogP contribution >= 0.6 is 0 Å². The second-order valence-electron chi connectivity index (χ2n) is 8.83. The first-order chi connectivity index (χ1) is 12.8. The molecule has 1 saturated heterocycles. The van der Waals surface area contributed by atoms with Crippen molar-refractivity contribution in [2.75, 3.05) is 6.61 Å². The quantitative estimate of drug-likeness (QED) is 0.387. The lowest BCUT2D eigenvalue weighted by Crippen LogP contribution is -2.49. The lowest BCUT2D eigenvalue weighted by Gasteiger charge is -2.36. The molecule has 1 rings (SSSR count). The zero-order chi connectivity index (χ0) is 20.2. The Kier molecular flexibility index (Phi) is 11.5. The van der Waals surface area contributed by atoms with Gasteiger partial charge in [-0.05, 0) is 46.0 Å². The number of carbonyl (C=O) groups is 1. The van der Waals surface area contributed by atoms with Crippen molar-refractivity contribution in [3.8, 4) is 0 Å². The highest BCUT2D eigenvalue weighted by Gasteiger charge is 2.49. The summed E-state index contributed by atoms with van der Waals surface area (Å²) < 4.78 is 5.98. The Labute approximate surface area is 166 Å². The summed E-state index contributed by atoms with van der Waals surface area (Å²) in [4.78, 5) is 10.3. The van der Waals surface area contributed by atoms with Gasteiger partial charge in [-0.2, -0.15) is 5.06 Å². The maximum atomic E-state index is 10.5. The van der Waals surface area contributed by atoms with E-state index in [1.165, 1.54) is 56.4 Å². The molecule has 1 fully saturated rings. The van der Waals surface area contributed by atoms with Gasteiger partial charge in [0.15, 0.2) is 0 Å². The van der Waals surface area contributed by atoms with Gasteiger partial charge in [0.05, 0.1) is 12.1 Å². The molecular weight excluding hydrogens is 342 g/mol. The van der Waals surface area contributed by atoms with E-state index < -0.39 is 11.7 Å².